The summed E-state index contributed by atoms with van der Waals surface area (Å²) < 4.78 is 46.5. The van der Waals surface area contributed by atoms with Crippen molar-refractivity contribution in [3.8, 4) is 0 Å². The molecule has 6 heteroatoms. The number of benzene rings is 2. The van der Waals surface area contributed by atoms with Gasteiger partial charge < -0.3 is 9.64 Å². The molecular weight excluding hydrogens is 415 g/mol. The van der Waals surface area contributed by atoms with Crippen molar-refractivity contribution in [1.29, 1.82) is 0 Å². The van der Waals surface area contributed by atoms with Gasteiger partial charge in [-0.15, -0.1) is 0 Å². The van der Waals surface area contributed by atoms with Crippen LogP contribution in [-0.4, -0.2) is 37.1 Å². The zero-order chi connectivity index (χ0) is 22.9. The number of fused-ring (bicyclic) bond motifs is 1. The highest BCUT2D eigenvalue weighted by Gasteiger charge is 2.48. The van der Waals surface area contributed by atoms with Gasteiger partial charge in [-0.2, -0.15) is 13.2 Å². The number of halogens is 3. The fourth-order valence-electron chi connectivity index (χ4n) is 5.21. The SMILES string of the molecule is CN(C)C1CCCCC(OC(=O)C2(c3cccc(C(F)(F)F)c3)Cc3ccccc3C2)C1. The number of carbonyl (C=O) groups excluding carboxylic acids is 1. The van der Waals surface area contributed by atoms with E-state index in [1.165, 1.54) is 6.07 Å². The molecule has 4 rings (SSSR count). The first-order valence-electron chi connectivity index (χ1n) is 11.3. The Labute approximate surface area is 187 Å². The average Bonchev–Trinajstić information content (AvgIpc) is 3.00. The number of esters is 1. The minimum Gasteiger partial charge on any atom is -0.462 e. The smallest absolute Gasteiger partial charge is 0.416 e. The highest BCUT2D eigenvalue weighted by molar-refractivity contribution is 5.86. The molecule has 2 aliphatic carbocycles. The minimum atomic E-state index is -4.47. The lowest BCUT2D eigenvalue weighted by Gasteiger charge is -2.32. The maximum atomic E-state index is 13.7. The van der Waals surface area contributed by atoms with Gasteiger partial charge in [0, 0.05) is 6.04 Å². The fourth-order valence-corrected chi connectivity index (χ4v) is 5.21. The molecule has 2 aromatic carbocycles. The Morgan fingerprint density at radius 3 is 2.28 bits per heavy atom. The molecule has 1 fully saturated rings. The van der Waals surface area contributed by atoms with Crippen LogP contribution in [0, 0.1) is 0 Å². The van der Waals surface area contributed by atoms with Gasteiger partial charge in [0.1, 0.15) is 11.5 Å². The highest BCUT2D eigenvalue weighted by Crippen LogP contribution is 2.43. The second-order valence-electron chi connectivity index (χ2n) is 9.45. The number of carbonyl (C=O) groups is 1. The van der Waals surface area contributed by atoms with Crippen molar-refractivity contribution in [2.24, 2.45) is 0 Å². The molecule has 0 bridgehead atoms. The summed E-state index contributed by atoms with van der Waals surface area (Å²) in [5.74, 6) is -0.405. The molecule has 0 radical (unpaired) electrons. The van der Waals surface area contributed by atoms with E-state index in [-0.39, 0.29) is 6.10 Å². The van der Waals surface area contributed by atoms with Crippen LogP contribution in [0.3, 0.4) is 0 Å². The normalized spacial score (nSPS) is 22.9. The fraction of sp³-hybridized carbons (Fsp3) is 0.500. The molecule has 2 aliphatic rings. The molecule has 172 valence electrons. The molecule has 32 heavy (non-hydrogen) atoms. The van der Waals surface area contributed by atoms with Gasteiger partial charge in [0.25, 0.3) is 0 Å². The van der Waals surface area contributed by atoms with Crippen LogP contribution in [-0.2, 0) is 34.0 Å². The Bertz CT molecular complexity index is 945. The van der Waals surface area contributed by atoms with Gasteiger partial charge in [-0.25, -0.2) is 0 Å². The molecule has 0 heterocycles. The van der Waals surface area contributed by atoms with Crippen molar-refractivity contribution in [2.75, 3.05) is 14.1 Å². The Kier molecular flexibility index (Phi) is 6.35. The van der Waals surface area contributed by atoms with Crippen LogP contribution in [0.4, 0.5) is 13.2 Å². The van der Waals surface area contributed by atoms with E-state index in [1.54, 1.807) is 6.07 Å². The van der Waals surface area contributed by atoms with Gasteiger partial charge in [-0.3, -0.25) is 4.79 Å². The lowest BCUT2D eigenvalue weighted by Crippen LogP contribution is -2.41. The summed E-state index contributed by atoms with van der Waals surface area (Å²) in [6, 6.07) is 13.2. The minimum absolute atomic E-state index is 0.219. The largest absolute Gasteiger partial charge is 0.462 e. The van der Waals surface area contributed by atoms with Gasteiger partial charge in [-0.05, 0) is 75.4 Å². The van der Waals surface area contributed by atoms with Gasteiger partial charge >= 0.3 is 12.1 Å². The standard InChI is InChI=1S/C26H30F3NO2/c1-30(2)22-12-5-6-13-23(15-22)32-24(31)25(16-18-8-3-4-9-19(18)17-25)20-10-7-11-21(14-20)26(27,28)29/h3-4,7-11,14,22-23H,5-6,12-13,15-17H2,1-2H3. The van der Waals surface area contributed by atoms with E-state index >= 15 is 0 Å². The van der Waals surface area contributed by atoms with Crippen molar-refractivity contribution in [3.63, 3.8) is 0 Å². The Balaban J connectivity index is 1.67. The highest BCUT2D eigenvalue weighted by atomic mass is 19.4. The molecule has 2 atom stereocenters. The average molecular weight is 446 g/mol. The molecule has 2 aromatic rings. The van der Waals surface area contributed by atoms with E-state index in [1.807, 2.05) is 38.4 Å². The van der Waals surface area contributed by atoms with E-state index in [0.29, 0.717) is 24.4 Å². The number of ether oxygens (including phenoxy) is 1. The van der Waals surface area contributed by atoms with Gasteiger partial charge in [-0.1, -0.05) is 48.9 Å². The van der Waals surface area contributed by atoms with Gasteiger partial charge in [0.05, 0.1) is 5.56 Å². The summed E-state index contributed by atoms with van der Waals surface area (Å²) in [7, 11) is 4.07. The van der Waals surface area contributed by atoms with E-state index in [0.717, 1.165) is 55.4 Å². The Morgan fingerprint density at radius 1 is 1.00 bits per heavy atom. The summed E-state index contributed by atoms with van der Waals surface area (Å²) in [4.78, 5) is 15.9. The lowest BCUT2D eigenvalue weighted by atomic mass is 9.77. The van der Waals surface area contributed by atoms with Gasteiger partial charge in [0.2, 0.25) is 0 Å². The maximum absolute atomic E-state index is 13.7. The number of hydrogen-bond acceptors (Lipinski definition) is 3. The molecule has 3 nitrogen and oxygen atoms in total. The summed E-state index contributed by atoms with van der Waals surface area (Å²) in [6.07, 6.45) is 0.702. The van der Waals surface area contributed by atoms with E-state index < -0.39 is 23.1 Å². The molecule has 0 aromatic heterocycles. The number of nitrogens with zero attached hydrogens (tertiary/aromatic N) is 1. The van der Waals surface area contributed by atoms with Crippen LogP contribution < -0.4 is 0 Å². The Hall–Kier alpha value is -2.34. The third-order valence-corrected chi connectivity index (χ3v) is 7.09. The quantitative estimate of drug-likeness (QED) is 0.457. The molecule has 0 spiro atoms. The van der Waals surface area contributed by atoms with E-state index in [2.05, 4.69) is 4.90 Å². The first-order valence-corrected chi connectivity index (χ1v) is 11.3. The predicted octanol–water partition coefficient (Wildman–Crippen LogP) is 5.55. The first kappa shape index (κ1) is 22.8. The second-order valence-corrected chi connectivity index (χ2v) is 9.45. The van der Waals surface area contributed by atoms with Crippen LogP contribution in [0.2, 0.25) is 0 Å². The summed E-state index contributed by atoms with van der Waals surface area (Å²) >= 11 is 0. The summed E-state index contributed by atoms with van der Waals surface area (Å²) in [5, 5.41) is 0. The van der Waals surface area contributed by atoms with Crippen molar-refractivity contribution in [3.05, 3.63) is 70.8 Å². The second kappa shape index (κ2) is 8.89. The topological polar surface area (TPSA) is 29.5 Å². The third kappa shape index (κ3) is 4.56. The lowest BCUT2D eigenvalue weighted by molar-refractivity contribution is -0.157. The molecule has 1 saturated carbocycles. The van der Waals surface area contributed by atoms with Crippen LogP contribution in [0.15, 0.2) is 48.5 Å². The van der Waals surface area contributed by atoms with E-state index in [9.17, 15) is 18.0 Å². The van der Waals surface area contributed by atoms with Crippen LogP contribution >= 0.6 is 0 Å². The summed E-state index contributed by atoms with van der Waals surface area (Å²) in [6.45, 7) is 0. The first-order chi connectivity index (χ1) is 15.2. The predicted molar refractivity (Wildman–Crippen MR) is 117 cm³/mol. The summed E-state index contributed by atoms with van der Waals surface area (Å²) in [5.41, 5.74) is 0.500. The van der Waals surface area contributed by atoms with Crippen LogP contribution in [0.5, 0.6) is 0 Å². The number of hydrogen-bond donors (Lipinski definition) is 0. The maximum Gasteiger partial charge on any atom is 0.416 e. The van der Waals surface area contributed by atoms with Crippen molar-refractivity contribution >= 4 is 5.97 Å². The molecule has 0 N–H and O–H groups in total. The molecular formula is C26H30F3NO2. The molecule has 0 aliphatic heterocycles. The van der Waals surface area contributed by atoms with Gasteiger partial charge in [0.15, 0.2) is 0 Å². The van der Waals surface area contributed by atoms with E-state index in [4.69, 9.17) is 4.74 Å². The van der Waals surface area contributed by atoms with Crippen molar-refractivity contribution < 1.29 is 22.7 Å². The zero-order valence-electron chi connectivity index (χ0n) is 18.6. The van der Waals surface area contributed by atoms with Crippen molar-refractivity contribution in [1.82, 2.24) is 4.90 Å². The molecule has 2 unspecified atom stereocenters. The molecule has 0 saturated heterocycles. The van der Waals surface area contributed by atoms with Crippen LogP contribution in [0.25, 0.3) is 0 Å². The monoisotopic (exact) mass is 445 g/mol. The zero-order valence-corrected chi connectivity index (χ0v) is 18.6. The third-order valence-electron chi connectivity index (χ3n) is 7.09. The van der Waals surface area contributed by atoms with Crippen molar-refractivity contribution in [2.45, 2.75) is 68.7 Å². The molecule has 0 amide bonds. The number of alkyl halides is 3. The Morgan fingerprint density at radius 2 is 1.66 bits per heavy atom. The van der Waals surface area contributed by atoms with Crippen LogP contribution in [0.1, 0.15) is 54.4 Å². The number of rotatable bonds is 4.